The molecule has 1 unspecified atom stereocenters. The highest BCUT2D eigenvalue weighted by Gasteiger charge is 2.18. The van der Waals surface area contributed by atoms with Gasteiger partial charge in [-0.3, -0.25) is 4.79 Å². The van der Waals surface area contributed by atoms with Gasteiger partial charge in [-0.2, -0.15) is 0 Å². The number of amides is 1. The van der Waals surface area contributed by atoms with Crippen LogP contribution in [0.4, 0.5) is 0 Å². The number of carbonyl (C=O) groups is 1. The summed E-state index contributed by atoms with van der Waals surface area (Å²) in [4.78, 5) is 13.6. The van der Waals surface area contributed by atoms with Crippen molar-refractivity contribution < 1.29 is 13.2 Å². The second-order valence-electron chi connectivity index (χ2n) is 4.86. The van der Waals surface area contributed by atoms with Crippen molar-refractivity contribution in [3.8, 4) is 0 Å². The van der Waals surface area contributed by atoms with Crippen LogP contribution in [0.1, 0.15) is 29.5 Å². The maximum Gasteiger partial charge on any atom is 0.241 e. The second-order valence-corrected chi connectivity index (χ2v) is 8.06. The van der Waals surface area contributed by atoms with E-state index in [9.17, 15) is 13.2 Å². The van der Waals surface area contributed by atoms with Gasteiger partial charge in [-0.25, -0.2) is 13.1 Å². The molecule has 0 aliphatic carbocycles. The molecule has 1 aromatic heterocycles. The lowest BCUT2D eigenvalue weighted by atomic mass is 10.2. The molecule has 4 N–H and O–H groups in total. The molecule has 1 amide bonds. The summed E-state index contributed by atoms with van der Waals surface area (Å²) in [7, 11) is -3.52. The maximum atomic E-state index is 12.1. The SMILES string of the molecule is CCCC(N)C(=O)NCCNS(=O)(=O)c1cc(C)sc1C.Cl. The Labute approximate surface area is 142 Å². The van der Waals surface area contributed by atoms with E-state index in [1.807, 2.05) is 13.8 Å². The van der Waals surface area contributed by atoms with Crippen LogP contribution in [0.3, 0.4) is 0 Å². The molecule has 9 heteroatoms. The van der Waals surface area contributed by atoms with Gasteiger partial charge >= 0.3 is 0 Å². The van der Waals surface area contributed by atoms with Gasteiger partial charge in [0.25, 0.3) is 0 Å². The molecule has 0 saturated heterocycles. The molecule has 1 atom stereocenters. The van der Waals surface area contributed by atoms with Gasteiger partial charge in [0.1, 0.15) is 0 Å². The topological polar surface area (TPSA) is 101 Å². The summed E-state index contributed by atoms with van der Waals surface area (Å²) in [6, 6.07) is 1.12. The number of nitrogens with one attached hydrogen (secondary N) is 2. The van der Waals surface area contributed by atoms with Crippen LogP contribution < -0.4 is 15.8 Å². The summed E-state index contributed by atoms with van der Waals surface area (Å²) in [6.45, 7) is 5.95. The number of hydrogen-bond donors (Lipinski definition) is 3. The van der Waals surface area contributed by atoms with Crippen LogP contribution in [0, 0.1) is 13.8 Å². The van der Waals surface area contributed by atoms with Gasteiger partial charge in [0.15, 0.2) is 0 Å². The Morgan fingerprint density at radius 1 is 1.36 bits per heavy atom. The molecule has 0 saturated carbocycles. The third-order valence-corrected chi connectivity index (χ3v) is 5.62. The van der Waals surface area contributed by atoms with Crippen LogP contribution in [0.2, 0.25) is 0 Å². The summed E-state index contributed by atoms with van der Waals surface area (Å²) < 4.78 is 26.7. The van der Waals surface area contributed by atoms with Crippen molar-refractivity contribution in [3.05, 3.63) is 15.8 Å². The zero-order chi connectivity index (χ0) is 16.0. The van der Waals surface area contributed by atoms with E-state index in [1.165, 1.54) is 11.3 Å². The Morgan fingerprint density at radius 2 is 2.00 bits per heavy atom. The molecular formula is C13H24ClN3O3S2. The number of halogens is 1. The lowest BCUT2D eigenvalue weighted by Crippen LogP contribution is -2.43. The van der Waals surface area contributed by atoms with E-state index in [2.05, 4.69) is 10.0 Å². The van der Waals surface area contributed by atoms with E-state index in [4.69, 9.17) is 5.73 Å². The molecule has 0 bridgehead atoms. The first-order chi connectivity index (χ1) is 9.77. The Bertz CT molecular complexity index is 587. The molecule has 6 nitrogen and oxygen atoms in total. The predicted octanol–water partition coefficient (Wildman–Crippen LogP) is 1.31. The van der Waals surface area contributed by atoms with Crippen molar-refractivity contribution in [1.82, 2.24) is 10.0 Å². The average Bonchev–Trinajstić information content (AvgIpc) is 2.74. The molecule has 1 rings (SSSR count). The standard InChI is InChI=1S/C13H23N3O3S2.ClH/c1-4-5-11(14)13(17)15-6-7-16-21(18,19)12-8-9(2)20-10(12)3;/h8,11,16H,4-7,14H2,1-3H3,(H,15,17);1H. The van der Waals surface area contributed by atoms with Crippen molar-refractivity contribution in [3.63, 3.8) is 0 Å². The molecule has 1 aromatic rings. The molecule has 0 radical (unpaired) electrons. The Kier molecular flexibility index (Phi) is 9.18. The van der Waals surface area contributed by atoms with E-state index in [0.29, 0.717) is 11.3 Å². The van der Waals surface area contributed by atoms with Crippen molar-refractivity contribution in [2.45, 2.75) is 44.6 Å². The Balaban J connectivity index is 0.00000441. The molecule has 0 fully saturated rings. The average molecular weight is 370 g/mol. The van der Waals surface area contributed by atoms with Gasteiger partial charge in [-0.05, 0) is 26.3 Å². The highest BCUT2D eigenvalue weighted by molar-refractivity contribution is 7.89. The lowest BCUT2D eigenvalue weighted by molar-refractivity contribution is -0.122. The molecule has 0 aliphatic heterocycles. The molecule has 0 spiro atoms. The fraction of sp³-hybridized carbons (Fsp3) is 0.615. The first kappa shape index (κ1) is 21.3. The van der Waals surface area contributed by atoms with Crippen LogP contribution in [0.5, 0.6) is 0 Å². The van der Waals surface area contributed by atoms with Gasteiger partial charge in [-0.1, -0.05) is 13.3 Å². The fourth-order valence-corrected chi connectivity index (χ4v) is 4.48. The maximum absolute atomic E-state index is 12.1. The first-order valence-corrected chi connectivity index (χ1v) is 9.18. The van der Waals surface area contributed by atoms with E-state index in [0.717, 1.165) is 16.2 Å². The summed E-state index contributed by atoms with van der Waals surface area (Å²) in [5.41, 5.74) is 5.66. The summed E-state index contributed by atoms with van der Waals surface area (Å²) in [6.07, 6.45) is 1.45. The summed E-state index contributed by atoms with van der Waals surface area (Å²) in [5, 5.41) is 2.62. The molecular weight excluding hydrogens is 346 g/mol. The van der Waals surface area contributed by atoms with Crippen LogP contribution in [0.15, 0.2) is 11.0 Å². The first-order valence-electron chi connectivity index (χ1n) is 6.88. The Morgan fingerprint density at radius 3 is 2.50 bits per heavy atom. The zero-order valence-corrected chi connectivity index (χ0v) is 15.5. The number of hydrogen-bond acceptors (Lipinski definition) is 5. The summed E-state index contributed by atoms with van der Waals surface area (Å²) >= 11 is 1.44. The normalized spacial score (nSPS) is 12.5. The molecule has 0 aromatic carbocycles. The van der Waals surface area contributed by atoms with Gasteiger partial charge in [-0.15, -0.1) is 23.7 Å². The highest BCUT2D eigenvalue weighted by atomic mass is 35.5. The molecule has 1 heterocycles. The highest BCUT2D eigenvalue weighted by Crippen LogP contribution is 2.24. The minimum absolute atomic E-state index is 0. The molecule has 128 valence electrons. The van der Waals surface area contributed by atoms with E-state index in [1.54, 1.807) is 13.0 Å². The minimum atomic E-state index is -3.52. The van der Waals surface area contributed by atoms with Gasteiger partial charge in [0, 0.05) is 22.8 Å². The number of sulfonamides is 1. The lowest BCUT2D eigenvalue weighted by Gasteiger charge is -2.11. The van der Waals surface area contributed by atoms with Crippen molar-refractivity contribution in [2.24, 2.45) is 5.73 Å². The van der Waals surface area contributed by atoms with E-state index >= 15 is 0 Å². The zero-order valence-electron chi connectivity index (χ0n) is 13.0. The smallest absolute Gasteiger partial charge is 0.241 e. The third kappa shape index (κ3) is 6.21. The van der Waals surface area contributed by atoms with Crippen molar-refractivity contribution in [2.75, 3.05) is 13.1 Å². The summed E-state index contributed by atoms with van der Waals surface area (Å²) in [5.74, 6) is -0.251. The molecule has 22 heavy (non-hydrogen) atoms. The Hall–Kier alpha value is -0.670. The van der Waals surface area contributed by atoms with Gasteiger partial charge < -0.3 is 11.1 Å². The number of nitrogens with two attached hydrogens (primary N) is 1. The largest absolute Gasteiger partial charge is 0.353 e. The minimum Gasteiger partial charge on any atom is -0.353 e. The van der Waals surface area contributed by atoms with Crippen LogP contribution in [0.25, 0.3) is 0 Å². The monoisotopic (exact) mass is 369 g/mol. The van der Waals surface area contributed by atoms with Gasteiger partial charge in [0.2, 0.25) is 15.9 Å². The van der Waals surface area contributed by atoms with E-state index < -0.39 is 16.1 Å². The fourth-order valence-electron chi connectivity index (χ4n) is 1.90. The van der Waals surface area contributed by atoms with Crippen LogP contribution >= 0.6 is 23.7 Å². The van der Waals surface area contributed by atoms with Crippen molar-refractivity contribution >= 4 is 39.7 Å². The van der Waals surface area contributed by atoms with Gasteiger partial charge in [0.05, 0.1) is 10.9 Å². The number of carbonyl (C=O) groups excluding carboxylic acids is 1. The van der Waals surface area contributed by atoms with Crippen LogP contribution in [-0.2, 0) is 14.8 Å². The predicted molar refractivity (Wildman–Crippen MR) is 92.1 cm³/mol. The number of aryl methyl sites for hydroxylation is 2. The second kappa shape index (κ2) is 9.46. The number of rotatable bonds is 8. The number of thiophene rings is 1. The van der Waals surface area contributed by atoms with Crippen molar-refractivity contribution in [1.29, 1.82) is 0 Å². The van der Waals surface area contributed by atoms with Crippen LogP contribution in [-0.4, -0.2) is 33.5 Å². The third-order valence-electron chi connectivity index (χ3n) is 2.94. The molecule has 0 aliphatic rings. The quantitative estimate of drug-likeness (QED) is 0.601. The van der Waals surface area contributed by atoms with E-state index in [-0.39, 0.29) is 31.4 Å².